The number of nitriles is 1. The van der Waals surface area contributed by atoms with E-state index in [1.165, 1.54) is 11.1 Å². The minimum atomic E-state index is -0.922. The van der Waals surface area contributed by atoms with Gasteiger partial charge in [-0.25, -0.2) is 4.79 Å². The predicted octanol–water partition coefficient (Wildman–Crippen LogP) is 2.13. The Balaban J connectivity index is 1.98. The molecule has 1 aliphatic rings. The van der Waals surface area contributed by atoms with Crippen LogP contribution in [0.2, 0.25) is 0 Å². The Hall–Kier alpha value is -2.33. The summed E-state index contributed by atoms with van der Waals surface area (Å²) >= 11 is 0. The maximum absolute atomic E-state index is 11.3. The van der Waals surface area contributed by atoms with E-state index in [-0.39, 0.29) is 11.5 Å². The number of pyridine rings is 1. The normalized spacial score (nSPS) is 18.3. The zero-order chi connectivity index (χ0) is 16.9. The van der Waals surface area contributed by atoms with Crippen molar-refractivity contribution in [1.29, 1.82) is 5.26 Å². The molecule has 1 aromatic rings. The average Bonchev–Trinajstić information content (AvgIpc) is 2.53. The quantitative estimate of drug-likeness (QED) is 0.893. The van der Waals surface area contributed by atoms with Gasteiger partial charge in [0.1, 0.15) is 6.07 Å². The molecule has 7 heteroatoms. The van der Waals surface area contributed by atoms with Crippen molar-refractivity contribution in [1.82, 2.24) is 9.88 Å². The highest BCUT2D eigenvalue weighted by atomic mass is 16.5. The van der Waals surface area contributed by atoms with E-state index in [0.29, 0.717) is 44.1 Å². The molecule has 1 N–H and O–H groups in total. The SMILES string of the molecule is CC(C)(COc1cnccc1C#N)C[C@@H]1COCCN1C(=O)O. The zero-order valence-corrected chi connectivity index (χ0v) is 13.4. The molecule has 1 atom stereocenters. The van der Waals surface area contributed by atoms with Gasteiger partial charge in [-0.2, -0.15) is 5.26 Å². The van der Waals surface area contributed by atoms with E-state index >= 15 is 0 Å². The first-order valence-electron chi connectivity index (χ1n) is 7.47. The summed E-state index contributed by atoms with van der Waals surface area (Å²) in [5.41, 5.74) is 0.158. The molecule has 0 aromatic carbocycles. The first-order chi connectivity index (χ1) is 10.9. The standard InChI is InChI=1S/C16H21N3O4/c1-16(2,7-13-10-22-6-5-19(13)15(20)21)11-23-14-9-18-4-3-12(14)8-17/h3-4,9,13H,5-7,10-11H2,1-2H3,(H,20,21)/t13-/m1/s1. The van der Waals surface area contributed by atoms with Crippen LogP contribution in [0.4, 0.5) is 4.79 Å². The van der Waals surface area contributed by atoms with Gasteiger partial charge in [0.25, 0.3) is 0 Å². The molecular formula is C16H21N3O4. The average molecular weight is 319 g/mol. The second kappa shape index (κ2) is 7.29. The summed E-state index contributed by atoms with van der Waals surface area (Å²) in [4.78, 5) is 16.7. The highest BCUT2D eigenvalue weighted by molar-refractivity contribution is 5.65. The molecule has 1 amide bonds. The molecule has 0 saturated carbocycles. The largest absolute Gasteiger partial charge is 0.490 e. The maximum atomic E-state index is 11.3. The molecule has 0 spiro atoms. The molecule has 1 aromatic heterocycles. The van der Waals surface area contributed by atoms with Crippen LogP contribution in [0.15, 0.2) is 18.5 Å². The lowest BCUT2D eigenvalue weighted by molar-refractivity contribution is -0.0185. The van der Waals surface area contributed by atoms with Gasteiger partial charge in [0.2, 0.25) is 0 Å². The number of rotatable bonds is 5. The summed E-state index contributed by atoms with van der Waals surface area (Å²) in [7, 11) is 0. The maximum Gasteiger partial charge on any atom is 0.407 e. The highest BCUT2D eigenvalue weighted by Gasteiger charge is 2.33. The van der Waals surface area contributed by atoms with E-state index in [9.17, 15) is 9.90 Å². The van der Waals surface area contributed by atoms with Crippen molar-refractivity contribution in [3.8, 4) is 11.8 Å². The molecule has 23 heavy (non-hydrogen) atoms. The molecule has 0 radical (unpaired) electrons. The van der Waals surface area contributed by atoms with Crippen LogP contribution in [0.3, 0.4) is 0 Å². The van der Waals surface area contributed by atoms with Gasteiger partial charge in [0.05, 0.1) is 37.6 Å². The molecule has 1 fully saturated rings. The number of ether oxygens (including phenoxy) is 2. The predicted molar refractivity (Wildman–Crippen MR) is 82.2 cm³/mol. The van der Waals surface area contributed by atoms with Gasteiger partial charge in [-0.3, -0.25) is 4.98 Å². The van der Waals surface area contributed by atoms with Crippen LogP contribution in [-0.2, 0) is 4.74 Å². The van der Waals surface area contributed by atoms with Crippen molar-refractivity contribution < 1.29 is 19.4 Å². The molecule has 1 aliphatic heterocycles. The lowest BCUT2D eigenvalue weighted by Crippen LogP contribution is -2.50. The number of hydrogen-bond donors (Lipinski definition) is 1. The monoisotopic (exact) mass is 319 g/mol. The zero-order valence-electron chi connectivity index (χ0n) is 13.4. The lowest BCUT2D eigenvalue weighted by atomic mass is 9.86. The molecular weight excluding hydrogens is 298 g/mol. The summed E-state index contributed by atoms with van der Waals surface area (Å²) in [6.45, 7) is 5.58. The van der Waals surface area contributed by atoms with Crippen LogP contribution in [-0.4, -0.2) is 53.5 Å². The van der Waals surface area contributed by atoms with Crippen LogP contribution >= 0.6 is 0 Å². The summed E-state index contributed by atoms with van der Waals surface area (Å²) < 4.78 is 11.1. The third kappa shape index (κ3) is 4.57. The Morgan fingerprint density at radius 3 is 3.13 bits per heavy atom. The minimum absolute atomic E-state index is 0.191. The number of amides is 1. The summed E-state index contributed by atoms with van der Waals surface area (Å²) in [5, 5.41) is 18.3. The van der Waals surface area contributed by atoms with Crippen molar-refractivity contribution in [2.24, 2.45) is 5.41 Å². The Bertz CT molecular complexity index is 597. The number of nitrogens with zero attached hydrogens (tertiary/aromatic N) is 3. The van der Waals surface area contributed by atoms with Gasteiger partial charge in [-0.15, -0.1) is 0 Å². The van der Waals surface area contributed by atoms with Gasteiger partial charge >= 0.3 is 6.09 Å². The first-order valence-corrected chi connectivity index (χ1v) is 7.47. The molecule has 7 nitrogen and oxygen atoms in total. The van der Waals surface area contributed by atoms with Crippen LogP contribution in [0.25, 0.3) is 0 Å². The molecule has 2 heterocycles. The molecule has 0 aliphatic carbocycles. The van der Waals surface area contributed by atoms with E-state index in [1.54, 1.807) is 12.3 Å². The van der Waals surface area contributed by atoms with Crippen molar-refractivity contribution in [3.63, 3.8) is 0 Å². The van der Waals surface area contributed by atoms with E-state index in [4.69, 9.17) is 14.7 Å². The first kappa shape index (κ1) is 17.0. The fourth-order valence-corrected chi connectivity index (χ4v) is 2.63. The fourth-order valence-electron chi connectivity index (χ4n) is 2.63. The Morgan fingerprint density at radius 2 is 2.43 bits per heavy atom. The lowest BCUT2D eigenvalue weighted by Gasteiger charge is -2.38. The van der Waals surface area contributed by atoms with Gasteiger partial charge in [0, 0.05) is 18.2 Å². The summed E-state index contributed by atoms with van der Waals surface area (Å²) in [6, 6.07) is 3.47. The van der Waals surface area contributed by atoms with Gasteiger partial charge in [-0.1, -0.05) is 13.8 Å². The van der Waals surface area contributed by atoms with Crippen molar-refractivity contribution >= 4 is 6.09 Å². The second-order valence-corrected chi connectivity index (χ2v) is 6.35. The molecule has 124 valence electrons. The minimum Gasteiger partial charge on any atom is -0.490 e. The molecule has 1 saturated heterocycles. The molecule has 0 bridgehead atoms. The van der Waals surface area contributed by atoms with Crippen LogP contribution in [0, 0.1) is 16.7 Å². The third-order valence-corrected chi connectivity index (χ3v) is 3.78. The Kier molecular flexibility index (Phi) is 5.40. The van der Waals surface area contributed by atoms with Crippen molar-refractivity contribution in [3.05, 3.63) is 24.0 Å². The fraction of sp³-hybridized carbons (Fsp3) is 0.562. The smallest absolute Gasteiger partial charge is 0.407 e. The summed E-state index contributed by atoms with van der Waals surface area (Å²) in [5.74, 6) is 0.443. The molecule has 0 unspecified atom stereocenters. The van der Waals surface area contributed by atoms with E-state index < -0.39 is 6.09 Å². The van der Waals surface area contributed by atoms with Gasteiger partial charge in [0.15, 0.2) is 5.75 Å². The van der Waals surface area contributed by atoms with Crippen molar-refractivity contribution in [2.75, 3.05) is 26.4 Å². The second-order valence-electron chi connectivity index (χ2n) is 6.35. The number of hydrogen-bond acceptors (Lipinski definition) is 5. The van der Waals surface area contributed by atoms with Crippen molar-refractivity contribution in [2.45, 2.75) is 26.3 Å². The topological polar surface area (TPSA) is 95.7 Å². The van der Waals surface area contributed by atoms with Crippen LogP contribution in [0.5, 0.6) is 5.75 Å². The number of aromatic nitrogens is 1. The number of morpholine rings is 1. The number of carbonyl (C=O) groups is 1. The van der Waals surface area contributed by atoms with Gasteiger partial charge < -0.3 is 19.5 Å². The number of carboxylic acid groups (broad SMARTS) is 1. The van der Waals surface area contributed by atoms with E-state index in [2.05, 4.69) is 11.1 Å². The Labute approximate surface area is 135 Å². The Morgan fingerprint density at radius 1 is 1.65 bits per heavy atom. The van der Waals surface area contributed by atoms with E-state index in [0.717, 1.165) is 0 Å². The highest BCUT2D eigenvalue weighted by Crippen LogP contribution is 2.28. The third-order valence-electron chi connectivity index (χ3n) is 3.78. The van der Waals surface area contributed by atoms with Crippen LogP contribution < -0.4 is 4.74 Å². The van der Waals surface area contributed by atoms with Gasteiger partial charge in [-0.05, 0) is 12.5 Å². The molecule has 2 rings (SSSR count). The van der Waals surface area contributed by atoms with Crippen LogP contribution in [0.1, 0.15) is 25.8 Å². The summed E-state index contributed by atoms with van der Waals surface area (Å²) in [6.07, 6.45) is 2.75. The van der Waals surface area contributed by atoms with E-state index in [1.807, 2.05) is 13.8 Å².